The van der Waals surface area contributed by atoms with Crippen LogP contribution in [0.5, 0.6) is 0 Å². The average Bonchev–Trinajstić information content (AvgIpc) is 2.70. The van der Waals surface area contributed by atoms with Crippen molar-refractivity contribution in [3.05, 3.63) is 18.2 Å². The highest BCUT2D eigenvalue weighted by Gasteiger charge is 2.07. The van der Waals surface area contributed by atoms with Gasteiger partial charge in [0.1, 0.15) is 5.69 Å². The molecule has 0 aliphatic rings. The molecule has 0 radical (unpaired) electrons. The van der Waals surface area contributed by atoms with E-state index in [-0.39, 0.29) is 0 Å². The summed E-state index contributed by atoms with van der Waals surface area (Å²) in [4.78, 5) is 0. The first-order valence-corrected chi connectivity index (χ1v) is 3.87. The second-order valence-corrected chi connectivity index (χ2v) is 2.50. The van der Waals surface area contributed by atoms with E-state index in [9.17, 15) is 0 Å². The second kappa shape index (κ2) is 3.36. The molecule has 0 bridgehead atoms. The molecule has 0 fully saturated rings. The first-order valence-electron chi connectivity index (χ1n) is 3.87. The maximum Gasteiger partial charge on any atom is 0.265 e. The Bertz CT molecular complexity index is 366. The lowest BCUT2D eigenvalue weighted by Gasteiger charge is -1.88. The Balaban J connectivity index is 2.23. The highest BCUT2D eigenvalue weighted by Crippen LogP contribution is 2.13. The predicted octanol–water partition coefficient (Wildman–Crippen LogP) is 0.179. The molecule has 0 aliphatic carbocycles. The van der Waals surface area contributed by atoms with E-state index in [0.717, 1.165) is 5.69 Å². The van der Waals surface area contributed by atoms with Gasteiger partial charge in [0.15, 0.2) is 0 Å². The van der Waals surface area contributed by atoms with Crippen LogP contribution in [-0.4, -0.2) is 27.4 Å². The highest BCUT2D eigenvalue weighted by molar-refractivity contribution is 5.44. The molecule has 0 saturated heterocycles. The SMILES string of the molecule is CNCc1nnc(-c2ccn[nH]2)o1. The third kappa shape index (κ3) is 1.57. The number of nitrogens with zero attached hydrogens (tertiary/aromatic N) is 3. The lowest BCUT2D eigenvalue weighted by molar-refractivity contribution is 0.489. The summed E-state index contributed by atoms with van der Waals surface area (Å²) >= 11 is 0. The molecule has 6 nitrogen and oxygen atoms in total. The van der Waals surface area contributed by atoms with Gasteiger partial charge in [-0.1, -0.05) is 0 Å². The van der Waals surface area contributed by atoms with Gasteiger partial charge < -0.3 is 9.73 Å². The van der Waals surface area contributed by atoms with Crippen molar-refractivity contribution in [3.63, 3.8) is 0 Å². The van der Waals surface area contributed by atoms with E-state index in [0.29, 0.717) is 18.3 Å². The van der Waals surface area contributed by atoms with E-state index in [2.05, 4.69) is 25.7 Å². The maximum absolute atomic E-state index is 5.31. The smallest absolute Gasteiger partial charge is 0.265 e. The largest absolute Gasteiger partial charge is 0.418 e. The monoisotopic (exact) mass is 179 g/mol. The molecule has 68 valence electrons. The molecule has 2 aromatic heterocycles. The summed E-state index contributed by atoms with van der Waals surface area (Å²) in [7, 11) is 1.82. The minimum Gasteiger partial charge on any atom is -0.418 e. The van der Waals surface area contributed by atoms with E-state index in [1.54, 1.807) is 12.3 Å². The van der Waals surface area contributed by atoms with Crippen LogP contribution in [-0.2, 0) is 6.54 Å². The predicted molar refractivity (Wildman–Crippen MR) is 44.6 cm³/mol. The summed E-state index contributed by atoms with van der Waals surface area (Å²) in [6, 6.07) is 1.77. The molecule has 6 heteroatoms. The van der Waals surface area contributed by atoms with E-state index in [1.807, 2.05) is 7.05 Å². The fourth-order valence-electron chi connectivity index (χ4n) is 0.960. The maximum atomic E-state index is 5.31. The summed E-state index contributed by atoms with van der Waals surface area (Å²) in [5, 5.41) is 17.1. The Morgan fingerprint density at radius 2 is 2.46 bits per heavy atom. The zero-order valence-electron chi connectivity index (χ0n) is 7.11. The standard InChI is InChI=1S/C7H9N5O/c1-8-4-6-11-12-7(13-6)5-2-3-9-10-5/h2-3,8H,4H2,1H3,(H,9,10). The van der Waals surface area contributed by atoms with Crippen molar-refractivity contribution in [2.45, 2.75) is 6.54 Å². The third-order valence-corrected chi connectivity index (χ3v) is 1.53. The summed E-state index contributed by atoms with van der Waals surface area (Å²) in [6.45, 7) is 0.571. The third-order valence-electron chi connectivity index (χ3n) is 1.53. The van der Waals surface area contributed by atoms with Crippen LogP contribution in [0.15, 0.2) is 16.7 Å². The van der Waals surface area contributed by atoms with E-state index in [1.165, 1.54) is 0 Å². The highest BCUT2D eigenvalue weighted by atomic mass is 16.4. The number of hydrogen-bond acceptors (Lipinski definition) is 5. The molecule has 2 rings (SSSR count). The van der Waals surface area contributed by atoms with Gasteiger partial charge in [0.25, 0.3) is 5.89 Å². The van der Waals surface area contributed by atoms with Crippen LogP contribution in [0.4, 0.5) is 0 Å². The van der Waals surface area contributed by atoms with E-state index >= 15 is 0 Å². The summed E-state index contributed by atoms with van der Waals surface area (Å²) in [6.07, 6.45) is 1.64. The van der Waals surface area contributed by atoms with Crippen molar-refractivity contribution in [2.24, 2.45) is 0 Å². The van der Waals surface area contributed by atoms with Gasteiger partial charge in [0.05, 0.1) is 6.54 Å². The minimum absolute atomic E-state index is 0.461. The zero-order chi connectivity index (χ0) is 9.10. The molecule has 0 saturated carbocycles. The molecule has 0 atom stereocenters. The van der Waals surface area contributed by atoms with Crippen molar-refractivity contribution >= 4 is 0 Å². The van der Waals surface area contributed by atoms with Gasteiger partial charge in [0, 0.05) is 6.20 Å². The molecule has 2 heterocycles. The van der Waals surface area contributed by atoms with Crippen LogP contribution < -0.4 is 5.32 Å². The summed E-state index contributed by atoms with van der Waals surface area (Å²) < 4.78 is 5.31. The van der Waals surface area contributed by atoms with Crippen LogP contribution in [0, 0.1) is 0 Å². The average molecular weight is 179 g/mol. The first-order chi connectivity index (χ1) is 6.40. The molecular formula is C7H9N5O. The number of hydrogen-bond donors (Lipinski definition) is 2. The molecule has 0 unspecified atom stereocenters. The second-order valence-electron chi connectivity index (χ2n) is 2.50. The normalized spacial score (nSPS) is 10.5. The summed E-state index contributed by atoms with van der Waals surface area (Å²) in [5.74, 6) is 1.02. The van der Waals surface area contributed by atoms with Gasteiger partial charge >= 0.3 is 0 Å². The lowest BCUT2D eigenvalue weighted by atomic mass is 10.4. The molecule has 13 heavy (non-hydrogen) atoms. The van der Waals surface area contributed by atoms with Gasteiger partial charge in [-0.3, -0.25) is 5.10 Å². The van der Waals surface area contributed by atoms with Crippen molar-refractivity contribution in [3.8, 4) is 11.6 Å². The Kier molecular flexibility index (Phi) is 2.05. The van der Waals surface area contributed by atoms with Gasteiger partial charge in [-0.15, -0.1) is 10.2 Å². The van der Waals surface area contributed by atoms with Crippen molar-refractivity contribution < 1.29 is 4.42 Å². The molecule has 0 amide bonds. The van der Waals surface area contributed by atoms with E-state index < -0.39 is 0 Å². The Hall–Kier alpha value is -1.69. The quantitative estimate of drug-likeness (QED) is 0.702. The number of nitrogens with one attached hydrogen (secondary N) is 2. The Morgan fingerprint density at radius 1 is 1.54 bits per heavy atom. The van der Waals surface area contributed by atoms with Crippen LogP contribution in [0.25, 0.3) is 11.6 Å². The molecule has 0 spiro atoms. The molecule has 0 aromatic carbocycles. The fraction of sp³-hybridized carbons (Fsp3) is 0.286. The molecule has 0 aliphatic heterocycles. The van der Waals surface area contributed by atoms with Crippen LogP contribution in [0.2, 0.25) is 0 Å². The lowest BCUT2D eigenvalue weighted by Crippen LogP contribution is -2.04. The minimum atomic E-state index is 0.461. The van der Waals surface area contributed by atoms with Gasteiger partial charge in [0.2, 0.25) is 5.89 Å². The fourth-order valence-corrected chi connectivity index (χ4v) is 0.960. The number of H-pyrrole nitrogens is 1. The van der Waals surface area contributed by atoms with Crippen molar-refractivity contribution in [1.29, 1.82) is 0 Å². The van der Waals surface area contributed by atoms with Crippen molar-refractivity contribution in [1.82, 2.24) is 25.7 Å². The zero-order valence-corrected chi connectivity index (χ0v) is 7.11. The molecular weight excluding hydrogens is 170 g/mol. The number of aromatic amines is 1. The number of rotatable bonds is 3. The molecule has 2 N–H and O–H groups in total. The number of aromatic nitrogens is 4. The van der Waals surface area contributed by atoms with Gasteiger partial charge in [-0.05, 0) is 13.1 Å². The Morgan fingerprint density at radius 3 is 3.15 bits per heavy atom. The van der Waals surface area contributed by atoms with Crippen LogP contribution in [0.1, 0.15) is 5.89 Å². The first kappa shape index (κ1) is 7.93. The molecule has 2 aromatic rings. The Labute approximate surface area is 74.4 Å². The van der Waals surface area contributed by atoms with Crippen LogP contribution in [0.3, 0.4) is 0 Å². The van der Waals surface area contributed by atoms with Gasteiger partial charge in [-0.2, -0.15) is 5.10 Å². The summed E-state index contributed by atoms with van der Waals surface area (Å²) in [5.41, 5.74) is 0.731. The van der Waals surface area contributed by atoms with Crippen LogP contribution >= 0.6 is 0 Å². The van der Waals surface area contributed by atoms with Crippen molar-refractivity contribution in [2.75, 3.05) is 7.05 Å². The van der Waals surface area contributed by atoms with E-state index in [4.69, 9.17) is 4.42 Å². The topological polar surface area (TPSA) is 79.6 Å². The van der Waals surface area contributed by atoms with Gasteiger partial charge in [-0.25, -0.2) is 0 Å².